The number of phenolic OH excluding ortho intramolecular Hbond substituents is 1. The Morgan fingerprint density at radius 2 is 2.27 bits per heavy atom. The predicted molar refractivity (Wildman–Crippen MR) is 48.1 cm³/mol. The molecular formula is C8H5N3O4. The van der Waals surface area contributed by atoms with Gasteiger partial charge < -0.3 is 9.63 Å². The van der Waals surface area contributed by atoms with Crippen LogP contribution in [0.5, 0.6) is 5.75 Å². The third-order valence-corrected chi connectivity index (χ3v) is 1.79. The maximum absolute atomic E-state index is 10.5. The largest absolute Gasteiger partial charge is 0.502 e. The second kappa shape index (κ2) is 3.37. The number of phenols is 1. The fourth-order valence-corrected chi connectivity index (χ4v) is 1.11. The summed E-state index contributed by atoms with van der Waals surface area (Å²) in [4.78, 5) is 13.6. The van der Waals surface area contributed by atoms with Crippen LogP contribution in [0.4, 0.5) is 5.69 Å². The van der Waals surface area contributed by atoms with E-state index in [-0.39, 0.29) is 5.82 Å². The van der Waals surface area contributed by atoms with Crippen LogP contribution in [-0.4, -0.2) is 20.2 Å². The molecule has 0 fully saturated rings. The minimum Gasteiger partial charge on any atom is -0.502 e. The molecule has 0 saturated heterocycles. The van der Waals surface area contributed by atoms with Crippen LogP contribution >= 0.6 is 0 Å². The van der Waals surface area contributed by atoms with E-state index in [1.54, 1.807) is 0 Å². The second-order valence-corrected chi connectivity index (χ2v) is 2.72. The van der Waals surface area contributed by atoms with E-state index in [1.807, 2.05) is 0 Å². The van der Waals surface area contributed by atoms with Gasteiger partial charge in [-0.3, -0.25) is 10.1 Å². The van der Waals surface area contributed by atoms with Gasteiger partial charge in [-0.2, -0.15) is 4.98 Å². The molecule has 0 aliphatic rings. The Bertz CT molecular complexity index is 495. The van der Waals surface area contributed by atoms with Crippen LogP contribution in [0.1, 0.15) is 0 Å². The Hall–Kier alpha value is -2.44. The highest BCUT2D eigenvalue weighted by molar-refractivity contribution is 5.62. The Labute approximate surface area is 83.1 Å². The summed E-state index contributed by atoms with van der Waals surface area (Å²) in [5.74, 6) is -0.162. The van der Waals surface area contributed by atoms with E-state index < -0.39 is 16.4 Å². The van der Waals surface area contributed by atoms with E-state index in [2.05, 4.69) is 14.7 Å². The van der Waals surface area contributed by atoms with E-state index >= 15 is 0 Å². The summed E-state index contributed by atoms with van der Waals surface area (Å²) in [5.41, 5.74) is 0.0190. The molecule has 0 radical (unpaired) electrons. The molecule has 0 aliphatic heterocycles. The molecule has 2 rings (SSSR count). The summed E-state index contributed by atoms with van der Waals surface area (Å²) < 4.78 is 4.51. The number of hydrogen-bond donors (Lipinski definition) is 1. The Balaban J connectivity index is 2.52. The molecule has 2 aromatic rings. The lowest BCUT2D eigenvalue weighted by molar-refractivity contribution is -0.385. The van der Waals surface area contributed by atoms with Crippen LogP contribution in [-0.2, 0) is 0 Å². The van der Waals surface area contributed by atoms with Gasteiger partial charge in [0.1, 0.15) is 0 Å². The molecule has 7 nitrogen and oxygen atoms in total. The SMILES string of the molecule is O=[N+]([O-])c1cc(-c2ncon2)ccc1O. The second-order valence-electron chi connectivity index (χ2n) is 2.72. The van der Waals surface area contributed by atoms with Crippen molar-refractivity contribution in [2.45, 2.75) is 0 Å². The molecule has 0 unspecified atom stereocenters. The van der Waals surface area contributed by atoms with Crippen molar-refractivity contribution in [1.29, 1.82) is 0 Å². The number of nitro groups is 1. The highest BCUT2D eigenvalue weighted by Crippen LogP contribution is 2.29. The fraction of sp³-hybridized carbons (Fsp3) is 0. The highest BCUT2D eigenvalue weighted by atomic mass is 16.6. The smallest absolute Gasteiger partial charge is 0.311 e. The first-order chi connectivity index (χ1) is 7.18. The Morgan fingerprint density at radius 1 is 1.47 bits per heavy atom. The molecule has 0 bridgehead atoms. The lowest BCUT2D eigenvalue weighted by atomic mass is 10.2. The number of nitro benzene ring substituents is 1. The fourth-order valence-electron chi connectivity index (χ4n) is 1.11. The van der Waals surface area contributed by atoms with Crippen LogP contribution < -0.4 is 0 Å². The molecule has 0 spiro atoms. The number of benzene rings is 1. The Morgan fingerprint density at radius 3 is 2.87 bits per heavy atom. The number of rotatable bonds is 2. The zero-order valence-electron chi connectivity index (χ0n) is 7.32. The number of aromatic hydroxyl groups is 1. The minimum atomic E-state index is -0.682. The van der Waals surface area contributed by atoms with E-state index in [0.29, 0.717) is 5.56 Å². The summed E-state index contributed by atoms with van der Waals surface area (Å²) in [7, 11) is 0. The van der Waals surface area contributed by atoms with Gasteiger partial charge in [0.15, 0.2) is 5.75 Å². The average Bonchev–Trinajstić information content (AvgIpc) is 2.71. The van der Waals surface area contributed by atoms with Crippen LogP contribution in [0.25, 0.3) is 11.4 Å². The van der Waals surface area contributed by atoms with Crippen LogP contribution in [0.2, 0.25) is 0 Å². The van der Waals surface area contributed by atoms with Crippen LogP contribution in [0, 0.1) is 10.1 Å². The summed E-state index contributed by atoms with van der Waals surface area (Å²) in [6.07, 6.45) is 1.12. The van der Waals surface area contributed by atoms with E-state index in [0.717, 1.165) is 6.39 Å². The van der Waals surface area contributed by atoms with Crippen molar-refractivity contribution in [3.8, 4) is 17.1 Å². The molecule has 0 aliphatic carbocycles. The van der Waals surface area contributed by atoms with Gasteiger partial charge in [-0.15, -0.1) is 0 Å². The molecule has 1 N–H and O–H groups in total. The maximum atomic E-state index is 10.5. The summed E-state index contributed by atoms with van der Waals surface area (Å²) in [5, 5.41) is 23.2. The molecule has 7 heteroatoms. The van der Waals surface area contributed by atoms with Crippen molar-refractivity contribution < 1.29 is 14.6 Å². The topological polar surface area (TPSA) is 102 Å². The Kier molecular flexibility index (Phi) is 2.05. The van der Waals surface area contributed by atoms with Gasteiger partial charge in [0.25, 0.3) is 0 Å². The van der Waals surface area contributed by atoms with Crippen molar-refractivity contribution in [2.75, 3.05) is 0 Å². The van der Waals surface area contributed by atoms with Gasteiger partial charge in [-0.05, 0) is 12.1 Å². The van der Waals surface area contributed by atoms with Crippen molar-refractivity contribution in [1.82, 2.24) is 10.1 Å². The van der Waals surface area contributed by atoms with Crippen molar-refractivity contribution in [3.63, 3.8) is 0 Å². The third kappa shape index (κ3) is 1.62. The van der Waals surface area contributed by atoms with E-state index in [9.17, 15) is 15.2 Å². The van der Waals surface area contributed by atoms with Gasteiger partial charge >= 0.3 is 5.69 Å². The molecule has 1 aromatic heterocycles. The molecule has 76 valence electrons. The zero-order valence-corrected chi connectivity index (χ0v) is 7.32. The number of hydrogen-bond acceptors (Lipinski definition) is 6. The standard InChI is InChI=1S/C8H5N3O4/c12-7-2-1-5(3-6(7)11(13)14)8-9-4-15-10-8/h1-4,12H. The molecule has 0 saturated carbocycles. The zero-order chi connectivity index (χ0) is 10.8. The highest BCUT2D eigenvalue weighted by Gasteiger charge is 2.15. The van der Waals surface area contributed by atoms with E-state index in [1.165, 1.54) is 18.2 Å². The first kappa shape index (κ1) is 9.13. The summed E-state index contributed by atoms with van der Waals surface area (Å²) in [6.45, 7) is 0. The van der Waals surface area contributed by atoms with Crippen LogP contribution in [0.15, 0.2) is 29.1 Å². The first-order valence-electron chi connectivity index (χ1n) is 3.92. The van der Waals surface area contributed by atoms with Crippen molar-refractivity contribution >= 4 is 5.69 Å². The molecule has 1 heterocycles. The normalized spacial score (nSPS) is 10.1. The van der Waals surface area contributed by atoms with E-state index in [4.69, 9.17) is 0 Å². The first-order valence-corrected chi connectivity index (χ1v) is 3.92. The molecule has 15 heavy (non-hydrogen) atoms. The van der Waals surface area contributed by atoms with Gasteiger partial charge in [-0.25, -0.2) is 0 Å². The third-order valence-electron chi connectivity index (χ3n) is 1.79. The monoisotopic (exact) mass is 207 g/mol. The summed E-state index contributed by atoms with van der Waals surface area (Å²) >= 11 is 0. The predicted octanol–water partition coefficient (Wildman–Crippen LogP) is 1.35. The molecule has 0 amide bonds. The number of nitrogens with zero attached hydrogens (tertiary/aromatic N) is 3. The van der Waals surface area contributed by atoms with Crippen molar-refractivity contribution in [3.05, 3.63) is 34.7 Å². The average molecular weight is 207 g/mol. The van der Waals surface area contributed by atoms with Gasteiger partial charge in [0.05, 0.1) is 4.92 Å². The minimum absolute atomic E-state index is 0.234. The van der Waals surface area contributed by atoms with Gasteiger partial charge in [0, 0.05) is 11.6 Å². The quantitative estimate of drug-likeness (QED) is 0.588. The molecule has 0 atom stereocenters. The number of aromatic nitrogens is 2. The summed E-state index contributed by atoms with van der Waals surface area (Å²) in [6, 6.07) is 3.86. The van der Waals surface area contributed by atoms with Crippen molar-refractivity contribution in [2.24, 2.45) is 0 Å². The molecule has 1 aromatic carbocycles. The lowest BCUT2D eigenvalue weighted by Crippen LogP contribution is -1.90. The lowest BCUT2D eigenvalue weighted by Gasteiger charge is -1.97. The maximum Gasteiger partial charge on any atom is 0.311 e. The molecular weight excluding hydrogens is 202 g/mol. The van der Waals surface area contributed by atoms with Gasteiger partial charge in [-0.1, -0.05) is 5.16 Å². The van der Waals surface area contributed by atoms with Gasteiger partial charge in [0.2, 0.25) is 12.2 Å². The van der Waals surface area contributed by atoms with Crippen LogP contribution in [0.3, 0.4) is 0 Å².